The van der Waals surface area contributed by atoms with Crippen LogP contribution < -0.4 is 5.73 Å². The molecular weight excluding hydrogens is 437 g/mol. The van der Waals surface area contributed by atoms with Crippen molar-refractivity contribution in [3.05, 3.63) is 33.8 Å². The Morgan fingerprint density at radius 1 is 1.00 bits per heavy atom. The van der Waals surface area contributed by atoms with Gasteiger partial charge >= 0.3 is 0 Å². The van der Waals surface area contributed by atoms with Crippen LogP contribution in [0, 0.1) is 11.8 Å². The largest absolute Gasteiger partial charge is 0.369 e. The number of halogens is 2. The fourth-order valence-electron chi connectivity index (χ4n) is 3.95. The average molecular weight is 462 g/mol. The second-order valence-electron chi connectivity index (χ2n) is 7.67. The molecule has 0 aliphatic carbocycles. The summed E-state index contributed by atoms with van der Waals surface area (Å²) < 4.78 is 27.0. The molecule has 10 heteroatoms. The molecule has 2 heterocycles. The molecule has 0 radical (unpaired) electrons. The van der Waals surface area contributed by atoms with E-state index in [-0.39, 0.29) is 29.4 Å². The number of carbonyl (C=O) groups excluding carboxylic acids is 2. The Labute approximate surface area is 181 Å². The third-order valence-corrected chi connectivity index (χ3v) is 8.17. The SMILES string of the molecule is NC(=O)C1CCN(C(=O)C2CCN(S(=O)(=O)Cc3ccc(Cl)cc3Cl)CC2)CC1. The summed E-state index contributed by atoms with van der Waals surface area (Å²) >= 11 is 12.0. The molecule has 0 saturated carbocycles. The number of rotatable bonds is 5. The molecule has 0 unspecified atom stereocenters. The van der Waals surface area contributed by atoms with E-state index in [1.54, 1.807) is 17.0 Å². The molecule has 2 saturated heterocycles. The van der Waals surface area contributed by atoms with E-state index >= 15 is 0 Å². The molecule has 7 nitrogen and oxygen atoms in total. The van der Waals surface area contributed by atoms with E-state index in [2.05, 4.69) is 0 Å². The Kier molecular flexibility index (Phi) is 7.09. The third-order valence-electron chi connectivity index (χ3n) is 5.76. The topological polar surface area (TPSA) is 101 Å². The molecule has 0 spiro atoms. The number of carbonyl (C=O) groups is 2. The van der Waals surface area contributed by atoms with Gasteiger partial charge in [-0.15, -0.1) is 0 Å². The average Bonchev–Trinajstić information content (AvgIpc) is 2.70. The molecule has 1 aromatic carbocycles. The van der Waals surface area contributed by atoms with Crippen LogP contribution in [0.2, 0.25) is 10.0 Å². The van der Waals surface area contributed by atoms with Gasteiger partial charge in [-0.2, -0.15) is 0 Å². The van der Waals surface area contributed by atoms with Crippen molar-refractivity contribution in [2.45, 2.75) is 31.4 Å². The lowest BCUT2D eigenvalue weighted by Crippen LogP contribution is -2.47. The molecule has 3 rings (SSSR count). The van der Waals surface area contributed by atoms with Gasteiger partial charge in [-0.1, -0.05) is 29.3 Å². The predicted molar refractivity (Wildman–Crippen MR) is 112 cm³/mol. The first-order valence-electron chi connectivity index (χ1n) is 9.67. The first-order valence-corrected chi connectivity index (χ1v) is 12.0. The van der Waals surface area contributed by atoms with Crippen LogP contribution in [0.25, 0.3) is 0 Å². The van der Waals surface area contributed by atoms with Gasteiger partial charge in [0.25, 0.3) is 0 Å². The van der Waals surface area contributed by atoms with E-state index in [1.165, 1.54) is 10.4 Å². The van der Waals surface area contributed by atoms with Gasteiger partial charge in [-0.25, -0.2) is 12.7 Å². The number of benzene rings is 1. The smallest absolute Gasteiger partial charge is 0.225 e. The van der Waals surface area contributed by atoms with Crippen LogP contribution in [0.5, 0.6) is 0 Å². The number of hydrogen-bond acceptors (Lipinski definition) is 4. The van der Waals surface area contributed by atoms with E-state index in [0.717, 1.165) is 0 Å². The highest BCUT2D eigenvalue weighted by atomic mass is 35.5. The number of piperidine rings is 2. The van der Waals surface area contributed by atoms with Crippen molar-refractivity contribution in [2.24, 2.45) is 17.6 Å². The summed E-state index contributed by atoms with van der Waals surface area (Å²) in [7, 11) is -3.53. The van der Waals surface area contributed by atoms with Gasteiger partial charge in [-0.3, -0.25) is 9.59 Å². The summed E-state index contributed by atoms with van der Waals surface area (Å²) in [6, 6.07) is 4.76. The Morgan fingerprint density at radius 2 is 1.59 bits per heavy atom. The summed E-state index contributed by atoms with van der Waals surface area (Å²) in [5.74, 6) is -0.805. The lowest BCUT2D eigenvalue weighted by atomic mass is 9.92. The Hall–Kier alpha value is -1.35. The number of nitrogens with zero attached hydrogens (tertiary/aromatic N) is 2. The van der Waals surface area contributed by atoms with E-state index in [9.17, 15) is 18.0 Å². The molecule has 0 bridgehead atoms. The zero-order valence-corrected chi connectivity index (χ0v) is 18.3. The number of nitrogens with two attached hydrogens (primary N) is 1. The zero-order valence-electron chi connectivity index (χ0n) is 16.0. The van der Waals surface area contributed by atoms with Crippen LogP contribution in [-0.4, -0.2) is 55.6 Å². The van der Waals surface area contributed by atoms with Gasteiger partial charge in [0.2, 0.25) is 21.8 Å². The van der Waals surface area contributed by atoms with Crippen molar-refractivity contribution in [1.29, 1.82) is 0 Å². The maximum absolute atomic E-state index is 12.8. The molecule has 2 N–H and O–H groups in total. The number of sulfonamides is 1. The van der Waals surface area contributed by atoms with Crippen LogP contribution in [0.1, 0.15) is 31.2 Å². The summed E-state index contributed by atoms with van der Waals surface area (Å²) in [5, 5.41) is 0.779. The molecule has 0 aromatic heterocycles. The van der Waals surface area contributed by atoms with Crippen LogP contribution >= 0.6 is 23.2 Å². The molecule has 29 heavy (non-hydrogen) atoms. The lowest BCUT2D eigenvalue weighted by molar-refractivity contribution is -0.139. The Morgan fingerprint density at radius 3 is 2.14 bits per heavy atom. The van der Waals surface area contributed by atoms with Gasteiger partial charge in [0.1, 0.15) is 0 Å². The third kappa shape index (κ3) is 5.42. The van der Waals surface area contributed by atoms with Crippen molar-refractivity contribution in [3.63, 3.8) is 0 Å². The minimum atomic E-state index is -3.53. The highest BCUT2D eigenvalue weighted by molar-refractivity contribution is 7.88. The molecule has 2 fully saturated rings. The summed E-state index contributed by atoms with van der Waals surface area (Å²) in [6.45, 7) is 1.67. The normalized spacial score (nSPS) is 20.0. The molecule has 1 aromatic rings. The minimum Gasteiger partial charge on any atom is -0.369 e. The molecule has 2 aliphatic heterocycles. The molecule has 160 valence electrons. The van der Waals surface area contributed by atoms with E-state index in [4.69, 9.17) is 28.9 Å². The highest BCUT2D eigenvalue weighted by Crippen LogP contribution is 2.28. The number of primary amides is 1. The monoisotopic (exact) mass is 461 g/mol. The molecule has 0 atom stereocenters. The summed E-state index contributed by atoms with van der Waals surface area (Å²) in [4.78, 5) is 25.8. The zero-order chi connectivity index (χ0) is 21.2. The lowest BCUT2D eigenvalue weighted by Gasteiger charge is -2.36. The second kappa shape index (κ2) is 9.20. The minimum absolute atomic E-state index is 0.0470. The van der Waals surface area contributed by atoms with Gasteiger partial charge in [0.05, 0.1) is 5.75 Å². The van der Waals surface area contributed by atoms with Crippen LogP contribution in [0.4, 0.5) is 0 Å². The fraction of sp³-hybridized carbons (Fsp3) is 0.579. The van der Waals surface area contributed by atoms with E-state index in [1.807, 2.05) is 0 Å². The first kappa shape index (κ1) is 22.3. The van der Waals surface area contributed by atoms with E-state index in [0.29, 0.717) is 67.5 Å². The fourth-order valence-corrected chi connectivity index (χ4v) is 6.10. The summed E-state index contributed by atoms with van der Waals surface area (Å²) in [6.07, 6.45) is 2.16. The summed E-state index contributed by atoms with van der Waals surface area (Å²) in [5.41, 5.74) is 5.85. The maximum atomic E-state index is 12.8. The van der Waals surface area contributed by atoms with Crippen LogP contribution in [0.15, 0.2) is 18.2 Å². The highest BCUT2D eigenvalue weighted by Gasteiger charge is 2.35. The van der Waals surface area contributed by atoms with Crippen molar-refractivity contribution in [3.8, 4) is 0 Å². The van der Waals surface area contributed by atoms with Crippen LogP contribution in [0.3, 0.4) is 0 Å². The predicted octanol–water partition coefficient (Wildman–Crippen LogP) is 2.26. The van der Waals surface area contributed by atoms with Crippen LogP contribution in [-0.2, 0) is 25.4 Å². The van der Waals surface area contributed by atoms with Crippen molar-refractivity contribution in [1.82, 2.24) is 9.21 Å². The van der Waals surface area contributed by atoms with E-state index < -0.39 is 10.0 Å². The van der Waals surface area contributed by atoms with Crippen molar-refractivity contribution < 1.29 is 18.0 Å². The van der Waals surface area contributed by atoms with Gasteiger partial charge in [-0.05, 0) is 43.4 Å². The standard InChI is InChI=1S/C19H25Cl2N3O4S/c20-16-2-1-15(17(21)11-16)12-29(27,28)24-9-5-14(6-10-24)19(26)23-7-3-13(4-8-23)18(22)25/h1-2,11,13-14H,3-10,12H2,(H2,22,25). The second-order valence-corrected chi connectivity index (χ2v) is 10.5. The van der Waals surface area contributed by atoms with Gasteiger partial charge in [0.15, 0.2) is 0 Å². The number of hydrogen-bond donors (Lipinski definition) is 1. The Bertz CT molecular complexity index is 877. The van der Waals surface area contributed by atoms with Gasteiger partial charge in [0, 0.05) is 48.1 Å². The quantitative estimate of drug-likeness (QED) is 0.726. The van der Waals surface area contributed by atoms with Crippen molar-refractivity contribution in [2.75, 3.05) is 26.2 Å². The Balaban J connectivity index is 1.54. The molecular formula is C19H25Cl2N3O4S. The molecule has 2 amide bonds. The van der Waals surface area contributed by atoms with Crippen molar-refractivity contribution >= 4 is 45.0 Å². The molecule has 2 aliphatic rings. The first-order chi connectivity index (χ1) is 13.7. The number of likely N-dealkylation sites (tertiary alicyclic amines) is 1. The van der Waals surface area contributed by atoms with Gasteiger partial charge < -0.3 is 10.6 Å². The number of amides is 2. The maximum Gasteiger partial charge on any atom is 0.225 e.